The van der Waals surface area contributed by atoms with Gasteiger partial charge in [-0.05, 0) is 49.4 Å². The SMILES string of the molecule is CCNc1ccc(Cl)cc1C(=O)Nc1ccc(Br)cc1. The van der Waals surface area contributed by atoms with Crippen LogP contribution in [0.4, 0.5) is 11.4 Å². The van der Waals surface area contributed by atoms with Crippen molar-refractivity contribution in [2.45, 2.75) is 6.92 Å². The summed E-state index contributed by atoms with van der Waals surface area (Å²) < 4.78 is 0.964. The fourth-order valence-electron chi connectivity index (χ4n) is 1.78. The number of rotatable bonds is 4. The summed E-state index contributed by atoms with van der Waals surface area (Å²) in [5.74, 6) is -0.189. The third-order valence-electron chi connectivity index (χ3n) is 2.70. The number of carbonyl (C=O) groups is 1. The lowest BCUT2D eigenvalue weighted by Gasteiger charge is -2.11. The summed E-state index contributed by atoms with van der Waals surface area (Å²) in [4.78, 5) is 12.3. The molecule has 3 nitrogen and oxygen atoms in total. The van der Waals surface area contributed by atoms with Crippen LogP contribution in [0.3, 0.4) is 0 Å². The van der Waals surface area contributed by atoms with Crippen LogP contribution in [-0.2, 0) is 0 Å². The van der Waals surface area contributed by atoms with E-state index in [1.807, 2.05) is 37.3 Å². The van der Waals surface area contributed by atoms with Crippen LogP contribution in [0.15, 0.2) is 46.9 Å². The highest BCUT2D eigenvalue weighted by molar-refractivity contribution is 9.10. The van der Waals surface area contributed by atoms with Crippen LogP contribution in [-0.4, -0.2) is 12.5 Å². The number of halogens is 2. The van der Waals surface area contributed by atoms with Crippen LogP contribution in [0.1, 0.15) is 17.3 Å². The van der Waals surface area contributed by atoms with Gasteiger partial charge in [-0.1, -0.05) is 27.5 Å². The first-order valence-electron chi connectivity index (χ1n) is 6.20. The maximum Gasteiger partial charge on any atom is 0.257 e. The second kappa shape index (κ2) is 6.77. The van der Waals surface area contributed by atoms with Gasteiger partial charge < -0.3 is 10.6 Å². The number of hydrogen-bond acceptors (Lipinski definition) is 2. The average Bonchev–Trinajstić information content (AvgIpc) is 2.43. The second-order valence-corrected chi connectivity index (χ2v) is 5.53. The van der Waals surface area contributed by atoms with Crippen LogP contribution in [0.5, 0.6) is 0 Å². The molecule has 0 atom stereocenters. The smallest absolute Gasteiger partial charge is 0.257 e. The Balaban J connectivity index is 2.23. The number of hydrogen-bond donors (Lipinski definition) is 2. The molecular formula is C15H14BrClN2O. The molecule has 0 aromatic heterocycles. The molecule has 1 amide bonds. The molecule has 0 aliphatic rings. The zero-order valence-electron chi connectivity index (χ0n) is 10.9. The van der Waals surface area contributed by atoms with E-state index in [9.17, 15) is 4.79 Å². The van der Waals surface area contributed by atoms with Gasteiger partial charge in [0, 0.05) is 27.4 Å². The van der Waals surface area contributed by atoms with Gasteiger partial charge in [-0.15, -0.1) is 0 Å². The first-order valence-corrected chi connectivity index (χ1v) is 7.37. The Morgan fingerprint density at radius 3 is 2.55 bits per heavy atom. The van der Waals surface area contributed by atoms with Gasteiger partial charge in [0.05, 0.1) is 5.56 Å². The van der Waals surface area contributed by atoms with Gasteiger partial charge in [-0.3, -0.25) is 4.79 Å². The van der Waals surface area contributed by atoms with Crippen LogP contribution in [0, 0.1) is 0 Å². The fraction of sp³-hybridized carbons (Fsp3) is 0.133. The van der Waals surface area contributed by atoms with E-state index in [4.69, 9.17) is 11.6 Å². The number of carbonyl (C=O) groups excluding carboxylic acids is 1. The van der Waals surface area contributed by atoms with Gasteiger partial charge in [0.15, 0.2) is 0 Å². The molecule has 0 spiro atoms. The predicted octanol–water partition coefficient (Wildman–Crippen LogP) is 4.79. The summed E-state index contributed by atoms with van der Waals surface area (Å²) in [6, 6.07) is 12.6. The van der Waals surface area contributed by atoms with E-state index in [1.165, 1.54) is 0 Å². The van der Waals surface area contributed by atoms with Crippen LogP contribution in [0.25, 0.3) is 0 Å². The third kappa shape index (κ3) is 3.74. The number of benzene rings is 2. The van der Waals surface area contributed by atoms with E-state index in [1.54, 1.807) is 12.1 Å². The molecule has 2 rings (SSSR count). The Morgan fingerprint density at radius 2 is 1.90 bits per heavy atom. The van der Waals surface area contributed by atoms with Crippen molar-refractivity contribution in [1.82, 2.24) is 0 Å². The van der Waals surface area contributed by atoms with Crippen molar-refractivity contribution in [3.63, 3.8) is 0 Å². The number of nitrogens with one attached hydrogen (secondary N) is 2. The van der Waals surface area contributed by atoms with Crippen LogP contribution >= 0.6 is 27.5 Å². The summed E-state index contributed by atoms with van der Waals surface area (Å²) in [6.45, 7) is 2.71. The van der Waals surface area contributed by atoms with E-state index in [0.717, 1.165) is 22.4 Å². The van der Waals surface area contributed by atoms with E-state index in [0.29, 0.717) is 10.6 Å². The molecule has 0 bridgehead atoms. The number of anilines is 2. The molecule has 2 aromatic rings. The van der Waals surface area contributed by atoms with Gasteiger partial charge in [0.2, 0.25) is 0 Å². The highest BCUT2D eigenvalue weighted by atomic mass is 79.9. The Hall–Kier alpha value is -1.52. The zero-order chi connectivity index (χ0) is 14.5. The summed E-state index contributed by atoms with van der Waals surface area (Å²) in [7, 11) is 0. The van der Waals surface area contributed by atoms with Gasteiger partial charge in [-0.25, -0.2) is 0 Å². The summed E-state index contributed by atoms with van der Waals surface area (Å²) in [5.41, 5.74) is 2.04. The fourth-order valence-corrected chi connectivity index (χ4v) is 2.22. The maximum atomic E-state index is 12.3. The molecule has 0 saturated heterocycles. The van der Waals surface area contributed by atoms with Gasteiger partial charge >= 0.3 is 0 Å². The van der Waals surface area contributed by atoms with Gasteiger partial charge in [0.25, 0.3) is 5.91 Å². The van der Waals surface area contributed by atoms with Gasteiger partial charge in [0.1, 0.15) is 0 Å². The Kier molecular flexibility index (Phi) is 5.04. The molecule has 0 unspecified atom stereocenters. The van der Waals surface area contributed by atoms with Crippen LogP contribution < -0.4 is 10.6 Å². The van der Waals surface area contributed by atoms with Crippen molar-refractivity contribution in [3.05, 3.63) is 57.5 Å². The van der Waals surface area contributed by atoms with Crippen molar-refractivity contribution in [2.24, 2.45) is 0 Å². The minimum Gasteiger partial charge on any atom is -0.385 e. The van der Waals surface area contributed by atoms with E-state index >= 15 is 0 Å². The molecule has 0 heterocycles. The van der Waals surface area contributed by atoms with Crippen molar-refractivity contribution in [1.29, 1.82) is 0 Å². The summed E-state index contributed by atoms with van der Waals surface area (Å²) in [6.07, 6.45) is 0. The Labute approximate surface area is 131 Å². The van der Waals surface area contributed by atoms with Crippen LogP contribution in [0.2, 0.25) is 5.02 Å². The molecule has 0 saturated carbocycles. The Bertz CT molecular complexity index is 614. The third-order valence-corrected chi connectivity index (χ3v) is 3.46. The van der Waals surface area contributed by atoms with Crippen molar-refractivity contribution < 1.29 is 4.79 Å². The van der Waals surface area contributed by atoms with E-state index in [2.05, 4.69) is 26.6 Å². The van der Waals surface area contributed by atoms with E-state index < -0.39 is 0 Å². The van der Waals surface area contributed by atoms with Crippen molar-refractivity contribution in [2.75, 3.05) is 17.2 Å². The molecule has 2 aromatic carbocycles. The Morgan fingerprint density at radius 1 is 1.20 bits per heavy atom. The first kappa shape index (κ1) is 14.9. The first-order chi connectivity index (χ1) is 9.60. The lowest BCUT2D eigenvalue weighted by molar-refractivity contribution is 0.102. The molecule has 0 fully saturated rings. The highest BCUT2D eigenvalue weighted by Gasteiger charge is 2.12. The topological polar surface area (TPSA) is 41.1 Å². The van der Waals surface area contributed by atoms with Crippen molar-refractivity contribution >= 4 is 44.8 Å². The monoisotopic (exact) mass is 352 g/mol. The molecule has 5 heteroatoms. The van der Waals surface area contributed by atoms with Gasteiger partial charge in [-0.2, -0.15) is 0 Å². The normalized spacial score (nSPS) is 10.2. The minimum absolute atomic E-state index is 0.189. The second-order valence-electron chi connectivity index (χ2n) is 4.18. The average molecular weight is 354 g/mol. The molecule has 2 N–H and O–H groups in total. The highest BCUT2D eigenvalue weighted by Crippen LogP contribution is 2.22. The quantitative estimate of drug-likeness (QED) is 0.830. The minimum atomic E-state index is -0.189. The maximum absolute atomic E-state index is 12.3. The molecule has 0 radical (unpaired) electrons. The molecule has 0 aliphatic carbocycles. The number of amides is 1. The summed E-state index contributed by atoms with van der Waals surface area (Å²) >= 11 is 9.33. The van der Waals surface area contributed by atoms with Crippen molar-refractivity contribution in [3.8, 4) is 0 Å². The zero-order valence-corrected chi connectivity index (χ0v) is 13.3. The molecule has 0 aliphatic heterocycles. The lowest BCUT2D eigenvalue weighted by atomic mass is 10.1. The lowest BCUT2D eigenvalue weighted by Crippen LogP contribution is -2.14. The summed E-state index contributed by atoms with van der Waals surface area (Å²) in [5, 5.41) is 6.54. The predicted molar refractivity (Wildman–Crippen MR) is 87.7 cm³/mol. The molecular weight excluding hydrogens is 340 g/mol. The molecule has 20 heavy (non-hydrogen) atoms. The van der Waals surface area contributed by atoms with E-state index in [-0.39, 0.29) is 5.91 Å². The molecule has 104 valence electrons. The largest absolute Gasteiger partial charge is 0.385 e. The standard InChI is InChI=1S/C15H14BrClN2O/c1-2-18-14-8-5-11(17)9-13(14)15(20)19-12-6-3-10(16)4-7-12/h3-9,18H,2H2,1H3,(H,19,20).